The number of carboxylic acids is 1. The third-order valence-corrected chi connectivity index (χ3v) is 4.05. The number of hydrogen-bond acceptors (Lipinski definition) is 2. The number of para-hydroxylation sites is 1. The summed E-state index contributed by atoms with van der Waals surface area (Å²) in [5.41, 5.74) is 3.46. The molecular weight excluding hydrogens is 242 g/mol. The van der Waals surface area contributed by atoms with Crippen molar-refractivity contribution in [2.24, 2.45) is 5.92 Å². The summed E-state index contributed by atoms with van der Waals surface area (Å²) in [6, 6.07) is 8.05. The average Bonchev–Trinajstić information content (AvgIpc) is 2.74. The fourth-order valence-corrected chi connectivity index (χ4v) is 3.17. The highest BCUT2D eigenvalue weighted by atomic mass is 16.4. The quantitative estimate of drug-likeness (QED) is 0.884. The molecule has 0 amide bonds. The Morgan fingerprint density at radius 2 is 2.16 bits per heavy atom. The highest BCUT2D eigenvalue weighted by molar-refractivity contribution is 5.86. The second-order valence-electron chi connectivity index (χ2n) is 5.10. The lowest BCUT2D eigenvalue weighted by Crippen LogP contribution is -2.23. The summed E-state index contributed by atoms with van der Waals surface area (Å²) < 4.78 is 2.14. The van der Waals surface area contributed by atoms with Gasteiger partial charge in [-0.3, -0.25) is 4.79 Å². The number of carboxylic acid groups (broad SMARTS) is 1. The first-order valence-electron chi connectivity index (χ1n) is 6.65. The number of aromatic nitrogens is 1. The standard InChI is InChI=1S/C15H17NO3/c17-8-7-16-13-4-2-1-3-11(13)12-9-10(15(18)19)5-6-14(12)16/h1-4,10,17H,5-9H2,(H,18,19). The molecule has 0 spiro atoms. The molecule has 4 nitrogen and oxygen atoms in total. The molecule has 1 aliphatic rings. The van der Waals surface area contributed by atoms with Crippen molar-refractivity contribution in [2.75, 3.05) is 6.61 Å². The van der Waals surface area contributed by atoms with Crippen molar-refractivity contribution in [3.8, 4) is 0 Å². The Bertz CT molecular complexity index is 630. The molecule has 0 bridgehead atoms. The van der Waals surface area contributed by atoms with Gasteiger partial charge in [-0.2, -0.15) is 0 Å². The summed E-state index contributed by atoms with van der Waals surface area (Å²) in [7, 11) is 0. The molecule has 100 valence electrons. The highest BCUT2D eigenvalue weighted by Gasteiger charge is 2.28. The molecule has 0 aliphatic heterocycles. The largest absolute Gasteiger partial charge is 0.481 e. The van der Waals surface area contributed by atoms with Crippen molar-refractivity contribution in [3.63, 3.8) is 0 Å². The third kappa shape index (κ3) is 1.92. The topological polar surface area (TPSA) is 62.5 Å². The van der Waals surface area contributed by atoms with E-state index in [1.165, 1.54) is 5.69 Å². The van der Waals surface area contributed by atoms with Crippen LogP contribution in [0.4, 0.5) is 0 Å². The maximum Gasteiger partial charge on any atom is 0.306 e. The normalized spacial score (nSPS) is 18.5. The molecule has 0 saturated carbocycles. The van der Waals surface area contributed by atoms with Crippen LogP contribution in [0, 0.1) is 5.92 Å². The Kier molecular flexibility index (Phi) is 3.03. The second-order valence-corrected chi connectivity index (χ2v) is 5.10. The minimum absolute atomic E-state index is 0.105. The van der Waals surface area contributed by atoms with Crippen molar-refractivity contribution < 1.29 is 15.0 Å². The molecule has 1 aromatic carbocycles. The zero-order valence-corrected chi connectivity index (χ0v) is 10.7. The van der Waals surface area contributed by atoms with E-state index in [9.17, 15) is 15.0 Å². The van der Waals surface area contributed by atoms with Crippen LogP contribution in [0.2, 0.25) is 0 Å². The van der Waals surface area contributed by atoms with E-state index < -0.39 is 5.97 Å². The summed E-state index contributed by atoms with van der Waals surface area (Å²) in [5, 5.41) is 19.6. The highest BCUT2D eigenvalue weighted by Crippen LogP contribution is 2.34. The van der Waals surface area contributed by atoms with Crippen molar-refractivity contribution >= 4 is 16.9 Å². The summed E-state index contributed by atoms with van der Waals surface area (Å²) in [6.07, 6.45) is 2.06. The van der Waals surface area contributed by atoms with E-state index in [-0.39, 0.29) is 12.5 Å². The zero-order chi connectivity index (χ0) is 13.4. The molecule has 3 rings (SSSR count). The average molecular weight is 259 g/mol. The van der Waals surface area contributed by atoms with Gasteiger partial charge in [0.2, 0.25) is 0 Å². The lowest BCUT2D eigenvalue weighted by atomic mass is 9.86. The number of nitrogens with zero attached hydrogens (tertiary/aromatic N) is 1. The van der Waals surface area contributed by atoms with E-state index >= 15 is 0 Å². The number of hydrogen-bond donors (Lipinski definition) is 2. The fraction of sp³-hybridized carbons (Fsp3) is 0.400. The lowest BCUT2D eigenvalue weighted by molar-refractivity contribution is -0.142. The summed E-state index contributed by atoms with van der Waals surface area (Å²) in [4.78, 5) is 11.2. The van der Waals surface area contributed by atoms with E-state index in [1.807, 2.05) is 24.3 Å². The van der Waals surface area contributed by atoms with Crippen molar-refractivity contribution in [1.82, 2.24) is 4.57 Å². The minimum atomic E-state index is -0.704. The van der Waals surface area contributed by atoms with Gasteiger partial charge in [0, 0.05) is 23.1 Å². The maximum absolute atomic E-state index is 11.2. The molecule has 2 aromatic rings. The van der Waals surface area contributed by atoms with Crippen LogP contribution in [-0.2, 0) is 24.2 Å². The first-order chi connectivity index (χ1) is 9.22. The maximum atomic E-state index is 11.2. The molecule has 2 N–H and O–H groups in total. The van der Waals surface area contributed by atoms with Gasteiger partial charge in [0.1, 0.15) is 0 Å². The van der Waals surface area contributed by atoms with Gasteiger partial charge in [-0.15, -0.1) is 0 Å². The molecule has 1 unspecified atom stereocenters. The van der Waals surface area contributed by atoms with E-state index in [1.54, 1.807) is 0 Å². The van der Waals surface area contributed by atoms with Crippen molar-refractivity contribution in [2.45, 2.75) is 25.8 Å². The van der Waals surface area contributed by atoms with Gasteiger partial charge in [-0.05, 0) is 30.9 Å². The Morgan fingerprint density at radius 3 is 2.89 bits per heavy atom. The second kappa shape index (κ2) is 4.70. The van der Waals surface area contributed by atoms with Crippen LogP contribution in [0.3, 0.4) is 0 Å². The Balaban J connectivity index is 2.16. The first-order valence-corrected chi connectivity index (χ1v) is 6.65. The lowest BCUT2D eigenvalue weighted by Gasteiger charge is -2.20. The third-order valence-electron chi connectivity index (χ3n) is 4.05. The molecule has 19 heavy (non-hydrogen) atoms. The van der Waals surface area contributed by atoms with Crippen LogP contribution in [0.1, 0.15) is 17.7 Å². The molecule has 0 saturated heterocycles. The molecular formula is C15H17NO3. The Labute approximate surface area is 111 Å². The zero-order valence-electron chi connectivity index (χ0n) is 10.7. The van der Waals surface area contributed by atoms with Crippen molar-refractivity contribution in [1.29, 1.82) is 0 Å². The Morgan fingerprint density at radius 1 is 1.37 bits per heavy atom. The van der Waals surface area contributed by atoms with Crippen LogP contribution in [0.5, 0.6) is 0 Å². The van der Waals surface area contributed by atoms with Crippen LogP contribution in [-0.4, -0.2) is 27.4 Å². The molecule has 0 radical (unpaired) electrons. The van der Waals surface area contributed by atoms with Crippen LogP contribution in [0.15, 0.2) is 24.3 Å². The minimum Gasteiger partial charge on any atom is -0.481 e. The van der Waals surface area contributed by atoms with Gasteiger partial charge in [0.25, 0.3) is 0 Å². The number of aliphatic carboxylic acids is 1. The first kappa shape index (κ1) is 12.2. The van der Waals surface area contributed by atoms with Gasteiger partial charge in [-0.1, -0.05) is 18.2 Å². The number of rotatable bonds is 3. The molecule has 1 aromatic heterocycles. The van der Waals surface area contributed by atoms with Crippen LogP contribution in [0.25, 0.3) is 10.9 Å². The monoisotopic (exact) mass is 259 g/mol. The van der Waals surface area contributed by atoms with E-state index in [0.29, 0.717) is 19.4 Å². The number of aliphatic hydroxyl groups is 1. The summed E-state index contributed by atoms with van der Waals surface area (Å²) >= 11 is 0. The fourth-order valence-electron chi connectivity index (χ4n) is 3.17. The summed E-state index contributed by atoms with van der Waals surface area (Å²) in [6.45, 7) is 0.682. The van der Waals surface area contributed by atoms with E-state index in [4.69, 9.17) is 0 Å². The smallest absolute Gasteiger partial charge is 0.306 e. The number of benzene rings is 1. The van der Waals surface area contributed by atoms with Gasteiger partial charge in [0.15, 0.2) is 0 Å². The molecule has 4 heteroatoms. The van der Waals surface area contributed by atoms with Gasteiger partial charge < -0.3 is 14.8 Å². The summed E-state index contributed by atoms with van der Waals surface area (Å²) in [5.74, 6) is -0.981. The Hall–Kier alpha value is -1.81. The van der Waals surface area contributed by atoms with Crippen LogP contribution >= 0.6 is 0 Å². The molecule has 1 heterocycles. The van der Waals surface area contributed by atoms with Crippen molar-refractivity contribution in [3.05, 3.63) is 35.5 Å². The predicted molar refractivity (Wildman–Crippen MR) is 72.2 cm³/mol. The predicted octanol–water partition coefficient (Wildman–Crippen LogP) is 1.82. The van der Waals surface area contributed by atoms with Gasteiger partial charge in [-0.25, -0.2) is 0 Å². The van der Waals surface area contributed by atoms with E-state index in [0.717, 1.165) is 22.9 Å². The van der Waals surface area contributed by atoms with Gasteiger partial charge >= 0.3 is 5.97 Å². The molecule has 1 aliphatic carbocycles. The number of fused-ring (bicyclic) bond motifs is 3. The number of aliphatic hydroxyl groups excluding tert-OH is 1. The SMILES string of the molecule is O=C(O)C1CCc2c(c3ccccc3n2CCO)C1. The van der Waals surface area contributed by atoms with Crippen LogP contribution < -0.4 is 0 Å². The molecule has 0 fully saturated rings. The number of carbonyl (C=O) groups is 1. The molecule has 1 atom stereocenters. The van der Waals surface area contributed by atoms with Gasteiger partial charge in [0.05, 0.1) is 12.5 Å². The van der Waals surface area contributed by atoms with E-state index in [2.05, 4.69) is 4.57 Å².